The average Bonchev–Trinajstić information content (AvgIpc) is 3.08. The maximum atomic E-state index is 9.04. The van der Waals surface area contributed by atoms with Crippen molar-refractivity contribution in [2.75, 3.05) is 26.2 Å². The van der Waals surface area contributed by atoms with Crippen molar-refractivity contribution in [2.45, 2.75) is 58.0 Å². The van der Waals surface area contributed by atoms with E-state index in [1.807, 2.05) is 0 Å². The van der Waals surface area contributed by atoms with Gasteiger partial charge in [-0.15, -0.1) is 0 Å². The smallest absolute Gasteiger partial charge is 0.0436 e. The second-order valence-electron chi connectivity index (χ2n) is 6.26. The fourth-order valence-corrected chi connectivity index (χ4v) is 2.91. The van der Waals surface area contributed by atoms with Gasteiger partial charge in [0.25, 0.3) is 0 Å². The van der Waals surface area contributed by atoms with E-state index in [1.54, 1.807) is 0 Å². The first-order valence-electron chi connectivity index (χ1n) is 7.23. The van der Waals surface area contributed by atoms with E-state index in [1.165, 1.54) is 38.8 Å². The highest BCUT2D eigenvalue weighted by atomic mass is 16.3. The zero-order valence-electron chi connectivity index (χ0n) is 11.4. The molecule has 0 atom stereocenters. The molecule has 0 aromatic carbocycles. The molecule has 3 nitrogen and oxygen atoms in total. The Hall–Kier alpha value is -0.120. The third-order valence-corrected chi connectivity index (χ3v) is 4.62. The summed E-state index contributed by atoms with van der Waals surface area (Å²) in [7, 11) is 0. The summed E-state index contributed by atoms with van der Waals surface area (Å²) in [5, 5.41) is 12.8. The van der Waals surface area contributed by atoms with E-state index in [9.17, 15) is 0 Å². The minimum absolute atomic E-state index is 0.355. The van der Waals surface area contributed by atoms with E-state index in [2.05, 4.69) is 24.1 Å². The normalized spacial score (nSPS) is 25.4. The minimum atomic E-state index is 0.355. The van der Waals surface area contributed by atoms with E-state index >= 15 is 0 Å². The second-order valence-corrected chi connectivity index (χ2v) is 6.26. The molecule has 0 aromatic rings. The predicted molar refractivity (Wildman–Crippen MR) is 71.1 cm³/mol. The van der Waals surface area contributed by atoms with Crippen LogP contribution < -0.4 is 5.32 Å². The Morgan fingerprint density at radius 3 is 2.41 bits per heavy atom. The molecule has 17 heavy (non-hydrogen) atoms. The van der Waals surface area contributed by atoms with Crippen molar-refractivity contribution < 1.29 is 5.11 Å². The molecule has 2 fully saturated rings. The summed E-state index contributed by atoms with van der Waals surface area (Å²) in [5.74, 6) is 0. The van der Waals surface area contributed by atoms with Gasteiger partial charge < -0.3 is 15.3 Å². The first-order chi connectivity index (χ1) is 8.15. The highest BCUT2D eigenvalue weighted by Crippen LogP contribution is 2.48. The van der Waals surface area contributed by atoms with Crippen LogP contribution in [0.4, 0.5) is 0 Å². The SMILES string of the molecule is CC(C)N1CCC(NCC2(CCO)CC2)CC1. The average molecular weight is 240 g/mol. The number of hydrogen-bond acceptors (Lipinski definition) is 3. The van der Waals surface area contributed by atoms with E-state index < -0.39 is 0 Å². The number of likely N-dealkylation sites (tertiary alicyclic amines) is 1. The molecule has 0 radical (unpaired) electrons. The molecule has 3 heteroatoms. The Morgan fingerprint density at radius 2 is 1.94 bits per heavy atom. The first-order valence-corrected chi connectivity index (χ1v) is 7.23. The molecule has 1 saturated heterocycles. The fourth-order valence-electron chi connectivity index (χ4n) is 2.91. The minimum Gasteiger partial charge on any atom is -0.396 e. The lowest BCUT2D eigenvalue weighted by Crippen LogP contribution is -2.46. The molecule has 1 heterocycles. The summed E-state index contributed by atoms with van der Waals surface area (Å²) in [4.78, 5) is 2.57. The van der Waals surface area contributed by atoms with Crippen molar-refractivity contribution in [1.29, 1.82) is 0 Å². The standard InChI is InChI=1S/C14H28N2O/c1-12(2)16-8-3-13(4-9-16)15-11-14(5-6-14)7-10-17/h12-13,15,17H,3-11H2,1-2H3. The van der Waals surface area contributed by atoms with E-state index in [0.717, 1.165) is 13.0 Å². The van der Waals surface area contributed by atoms with Crippen molar-refractivity contribution in [2.24, 2.45) is 5.41 Å². The van der Waals surface area contributed by atoms with Crippen LogP contribution in [0, 0.1) is 5.41 Å². The van der Waals surface area contributed by atoms with Crippen LogP contribution >= 0.6 is 0 Å². The van der Waals surface area contributed by atoms with Crippen molar-refractivity contribution in [3.05, 3.63) is 0 Å². The molecule has 0 aromatic heterocycles. The van der Waals surface area contributed by atoms with Crippen LogP contribution in [0.25, 0.3) is 0 Å². The lowest BCUT2D eigenvalue weighted by molar-refractivity contribution is 0.156. The van der Waals surface area contributed by atoms with Crippen LogP contribution in [-0.2, 0) is 0 Å². The number of rotatable bonds is 6. The largest absolute Gasteiger partial charge is 0.396 e. The zero-order valence-corrected chi connectivity index (χ0v) is 11.4. The highest BCUT2D eigenvalue weighted by molar-refractivity contribution is 4.95. The third-order valence-electron chi connectivity index (χ3n) is 4.62. The molecule has 1 saturated carbocycles. The number of aliphatic hydroxyl groups excluding tert-OH is 1. The highest BCUT2D eigenvalue weighted by Gasteiger charge is 2.41. The van der Waals surface area contributed by atoms with E-state index in [4.69, 9.17) is 5.11 Å². The van der Waals surface area contributed by atoms with Crippen LogP contribution in [0.15, 0.2) is 0 Å². The lowest BCUT2D eigenvalue weighted by Gasteiger charge is -2.35. The molecule has 2 aliphatic rings. The van der Waals surface area contributed by atoms with Crippen molar-refractivity contribution in [3.63, 3.8) is 0 Å². The lowest BCUT2D eigenvalue weighted by atomic mass is 9.99. The molecular weight excluding hydrogens is 212 g/mol. The van der Waals surface area contributed by atoms with Crippen LogP contribution in [0.1, 0.15) is 46.0 Å². The van der Waals surface area contributed by atoms with Gasteiger partial charge >= 0.3 is 0 Å². The molecule has 1 aliphatic heterocycles. The van der Waals surface area contributed by atoms with Crippen molar-refractivity contribution in [3.8, 4) is 0 Å². The Morgan fingerprint density at radius 1 is 1.29 bits per heavy atom. The van der Waals surface area contributed by atoms with Crippen molar-refractivity contribution >= 4 is 0 Å². The van der Waals surface area contributed by atoms with Crippen LogP contribution in [0.5, 0.6) is 0 Å². The Bertz CT molecular complexity index is 230. The summed E-state index contributed by atoms with van der Waals surface area (Å²) >= 11 is 0. The number of aliphatic hydroxyl groups is 1. The maximum absolute atomic E-state index is 9.04. The Kier molecular flexibility index (Phi) is 4.45. The second kappa shape index (κ2) is 5.68. The zero-order chi connectivity index (χ0) is 12.3. The van der Waals surface area contributed by atoms with Crippen LogP contribution in [-0.4, -0.2) is 48.3 Å². The van der Waals surface area contributed by atoms with Gasteiger partial charge in [0.15, 0.2) is 0 Å². The molecule has 0 bridgehead atoms. The number of nitrogens with zero attached hydrogens (tertiary/aromatic N) is 1. The van der Waals surface area contributed by atoms with Gasteiger partial charge in [0, 0.05) is 25.2 Å². The summed E-state index contributed by atoms with van der Waals surface area (Å²) < 4.78 is 0. The molecule has 0 unspecified atom stereocenters. The first kappa shape index (κ1) is 13.3. The van der Waals surface area contributed by atoms with Crippen molar-refractivity contribution in [1.82, 2.24) is 10.2 Å². The summed E-state index contributed by atoms with van der Waals surface area (Å²) in [6, 6.07) is 1.40. The molecule has 2 rings (SSSR count). The maximum Gasteiger partial charge on any atom is 0.0436 e. The molecule has 1 aliphatic carbocycles. The molecule has 100 valence electrons. The third kappa shape index (κ3) is 3.67. The molecule has 2 N–H and O–H groups in total. The quantitative estimate of drug-likeness (QED) is 0.740. The van der Waals surface area contributed by atoms with Crippen LogP contribution in [0.3, 0.4) is 0 Å². The number of nitrogens with one attached hydrogen (secondary N) is 1. The van der Waals surface area contributed by atoms with Gasteiger partial charge in [-0.3, -0.25) is 0 Å². The predicted octanol–water partition coefficient (Wildman–Crippen LogP) is 1.61. The van der Waals surface area contributed by atoms with E-state index in [0.29, 0.717) is 24.1 Å². The molecular formula is C14H28N2O. The summed E-state index contributed by atoms with van der Waals surface area (Å²) in [6.45, 7) is 8.53. The number of piperidine rings is 1. The Labute approximate surface area is 106 Å². The fraction of sp³-hybridized carbons (Fsp3) is 1.00. The summed E-state index contributed by atoms with van der Waals surface area (Å²) in [6.07, 6.45) is 6.18. The van der Waals surface area contributed by atoms with Gasteiger partial charge in [0.1, 0.15) is 0 Å². The van der Waals surface area contributed by atoms with Gasteiger partial charge in [-0.2, -0.15) is 0 Å². The number of hydrogen-bond donors (Lipinski definition) is 2. The van der Waals surface area contributed by atoms with E-state index in [-0.39, 0.29) is 0 Å². The van der Waals surface area contributed by atoms with Gasteiger partial charge in [-0.1, -0.05) is 0 Å². The van der Waals surface area contributed by atoms with Gasteiger partial charge in [-0.05, 0) is 64.5 Å². The Balaban J connectivity index is 1.65. The van der Waals surface area contributed by atoms with Gasteiger partial charge in [-0.25, -0.2) is 0 Å². The molecule has 0 amide bonds. The molecule has 0 spiro atoms. The van der Waals surface area contributed by atoms with Gasteiger partial charge in [0.05, 0.1) is 0 Å². The van der Waals surface area contributed by atoms with Crippen LogP contribution in [0.2, 0.25) is 0 Å². The summed E-state index contributed by atoms with van der Waals surface area (Å²) in [5.41, 5.74) is 0.462. The monoisotopic (exact) mass is 240 g/mol. The topological polar surface area (TPSA) is 35.5 Å². The van der Waals surface area contributed by atoms with Gasteiger partial charge in [0.2, 0.25) is 0 Å².